The minimum absolute atomic E-state index is 0.0233. The summed E-state index contributed by atoms with van der Waals surface area (Å²) in [6.07, 6.45) is 1.98. The van der Waals surface area contributed by atoms with Gasteiger partial charge in [-0.05, 0) is 37.5 Å². The molecular weight excluding hydrogens is 240 g/mol. The van der Waals surface area contributed by atoms with E-state index >= 15 is 0 Å². The summed E-state index contributed by atoms with van der Waals surface area (Å²) in [5.74, 6) is 1.69. The molecule has 1 aromatic rings. The third-order valence-electron chi connectivity index (χ3n) is 3.49. The fraction of sp³-hybridized carbons (Fsp3) is 0.600. The molecule has 1 aliphatic rings. The molecule has 0 amide bonds. The highest BCUT2D eigenvalue weighted by Crippen LogP contribution is 2.33. The van der Waals surface area contributed by atoms with Crippen molar-refractivity contribution in [3.63, 3.8) is 0 Å². The van der Waals surface area contributed by atoms with Gasteiger partial charge in [-0.25, -0.2) is 0 Å². The average molecular weight is 264 g/mol. The van der Waals surface area contributed by atoms with Crippen LogP contribution in [0.15, 0.2) is 18.2 Å². The molecule has 0 bridgehead atoms. The quantitative estimate of drug-likeness (QED) is 0.826. The summed E-state index contributed by atoms with van der Waals surface area (Å²) in [6, 6.07) is 6.58. The SMILES string of the molecule is CC(C)NC(C)(CN)CCc1ccc2c(c1)OCO2. The first-order valence-corrected chi connectivity index (χ1v) is 6.89. The molecule has 0 aliphatic carbocycles. The maximum atomic E-state index is 5.90. The number of nitrogens with one attached hydrogen (secondary N) is 1. The molecule has 0 fully saturated rings. The Morgan fingerprint density at radius 1 is 1.32 bits per heavy atom. The molecule has 3 N–H and O–H groups in total. The van der Waals surface area contributed by atoms with E-state index in [0.29, 0.717) is 19.4 Å². The first kappa shape index (κ1) is 14.2. The van der Waals surface area contributed by atoms with Gasteiger partial charge in [-0.15, -0.1) is 0 Å². The second-order valence-corrected chi connectivity index (χ2v) is 5.75. The summed E-state index contributed by atoms with van der Waals surface area (Å²) in [5.41, 5.74) is 7.14. The van der Waals surface area contributed by atoms with Crippen LogP contribution in [0.25, 0.3) is 0 Å². The van der Waals surface area contributed by atoms with Crippen molar-refractivity contribution in [1.82, 2.24) is 5.32 Å². The highest BCUT2D eigenvalue weighted by Gasteiger charge is 2.23. The van der Waals surface area contributed by atoms with E-state index in [-0.39, 0.29) is 5.54 Å². The lowest BCUT2D eigenvalue weighted by atomic mass is 9.92. The van der Waals surface area contributed by atoms with Crippen LogP contribution in [0.4, 0.5) is 0 Å². The van der Waals surface area contributed by atoms with E-state index in [0.717, 1.165) is 24.3 Å². The minimum Gasteiger partial charge on any atom is -0.454 e. The number of hydrogen-bond donors (Lipinski definition) is 2. The van der Waals surface area contributed by atoms with Crippen LogP contribution < -0.4 is 20.5 Å². The van der Waals surface area contributed by atoms with Crippen LogP contribution in [0.5, 0.6) is 11.5 Å². The summed E-state index contributed by atoms with van der Waals surface area (Å²) >= 11 is 0. The molecule has 1 aliphatic heterocycles. The van der Waals surface area contributed by atoms with Gasteiger partial charge in [-0.2, -0.15) is 0 Å². The third kappa shape index (κ3) is 3.61. The number of benzene rings is 1. The molecule has 0 saturated carbocycles. The number of nitrogens with two attached hydrogens (primary N) is 1. The minimum atomic E-state index is -0.0233. The van der Waals surface area contributed by atoms with Crippen molar-refractivity contribution in [1.29, 1.82) is 0 Å². The van der Waals surface area contributed by atoms with E-state index in [1.54, 1.807) is 0 Å². The van der Waals surface area contributed by atoms with Gasteiger partial charge in [0.15, 0.2) is 11.5 Å². The van der Waals surface area contributed by atoms with Crippen molar-refractivity contribution >= 4 is 0 Å². The number of rotatable bonds is 6. The first-order chi connectivity index (χ1) is 9.02. The van der Waals surface area contributed by atoms with Crippen molar-refractivity contribution in [2.75, 3.05) is 13.3 Å². The second-order valence-electron chi connectivity index (χ2n) is 5.75. The van der Waals surface area contributed by atoms with E-state index in [4.69, 9.17) is 15.2 Å². The molecule has 4 heteroatoms. The molecule has 0 radical (unpaired) electrons. The zero-order valence-corrected chi connectivity index (χ0v) is 12.0. The second kappa shape index (κ2) is 5.80. The average Bonchev–Trinajstić information content (AvgIpc) is 2.83. The lowest BCUT2D eigenvalue weighted by Crippen LogP contribution is -2.51. The lowest BCUT2D eigenvalue weighted by molar-refractivity contribution is 0.174. The molecule has 0 spiro atoms. The van der Waals surface area contributed by atoms with Gasteiger partial charge >= 0.3 is 0 Å². The van der Waals surface area contributed by atoms with Crippen LogP contribution in [0.3, 0.4) is 0 Å². The Balaban J connectivity index is 1.97. The largest absolute Gasteiger partial charge is 0.454 e. The van der Waals surface area contributed by atoms with Crippen LogP contribution in [-0.2, 0) is 6.42 Å². The Labute approximate surface area is 115 Å². The van der Waals surface area contributed by atoms with Gasteiger partial charge in [0.25, 0.3) is 0 Å². The van der Waals surface area contributed by atoms with Crippen molar-refractivity contribution in [3.8, 4) is 11.5 Å². The fourth-order valence-corrected chi connectivity index (χ4v) is 2.45. The van der Waals surface area contributed by atoms with Crippen LogP contribution in [-0.4, -0.2) is 24.9 Å². The lowest BCUT2D eigenvalue weighted by Gasteiger charge is -2.32. The Hall–Kier alpha value is -1.26. The molecule has 1 heterocycles. The van der Waals surface area contributed by atoms with Crippen LogP contribution in [0, 0.1) is 0 Å². The van der Waals surface area contributed by atoms with Gasteiger partial charge in [0.2, 0.25) is 6.79 Å². The smallest absolute Gasteiger partial charge is 0.231 e. The maximum Gasteiger partial charge on any atom is 0.231 e. The fourth-order valence-electron chi connectivity index (χ4n) is 2.45. The molecule has 0 saturated heterocycles. The number of ether oxygens (including phenoxy) is 2. The molecule has 4 nitrogen and oxygen atoms in total. The summed E-state index contributed by atoms with van der Waals surface area (Å²) in [5, 5.41) is 3.55. The number of hydrogen-bond acceptors (Lipinski definition) is 4. The van der Waals surface area contributed by atoms with E-state index in [1.165, 1.54) is 5.56 Å². The highest BCUT2D eigenvalue weighted by molar-refractivity contribution is 5.44. The Bertz CT molecular complexity index is 434. The maximum absolute atomic E-state index is 5.90. The molecule has 0 aromatic heterocycles. The number of aryl methyl sites for hydroxylation is 1. The molecule has 19 heavy (non-hydrogen) atoms. The molecule has 2 rings (SSSR count). The third-order valence-corrected chi connectivity index (χ3v) is 3.49. The van der Waals surface area contributed by atoms with Gasteiger partial charge < -0.3 is 20.5 Å². The molecular formula is C15H24N2O2. The van der Waals surface area contributed by atoms with Crippen molar-refractivity contribution in [2.24, 2.45) is 5.73 Å². The molecule has 1 atom stereocenters. The number of fused-ring (bicyclic) bond motifs is 1. The monoisotopic (exact) mass is 264 g/mol. The topological polar surface area (TPSA) is 56.5 Å². The Morgan fingerprint density at radius 2 is 2.05 bits per heavy atom. The van der Waals surface area contributed by atoms with Gasteiger partial charge in [0, 0.05) is 18.1 Å². The highest BCUT2D eigenvalue weighted by atomic mass is 16.7. The van der Waals surface area contributed by atoms with Gasteiger partial charge in [0.05, 0.1) is 0 Å². The Morgan fingerprint density at radius 3 is 2.74 bits per heavy atom. The zero-order valence-electron chi connectivity index (χ0n) is 12.0. The predicted octanol–water partition coefficient (Wildman–Crippen LogP) is 2.06. The van der Waals surface area contributed by atoms with Gasteiger partial charge in [-0.1, -0.05) is 19.9 Å². The van der Waals surface area contributed by atoms with Crippen LogP contribution in [0.1, 0.15) is 32.8 Å². The van der Waals surface area contributed by atoms with E-state index in [2.05, 4.69) is 38.2 Å². The standard InChI is InChI=1S/C15H24N2O2/c1-11(2)17-15(3,9-16)7-6-12-4-5-13-14(8-12)19-10-18-13/h4-5,8,11,17H,6-7,9-10,16H2,1-3H3. The van der Waals surface area contributed by atoms with Crippen molar-refractivity contribution in [3.05, 3.63) is 23.8 Å². The van der Waals surface area contributed by atoms with Crippen molar-refractivity contribution in [2.45, 2.75) is 45.2 Å². The summed E-state index contributed by atoms with van der Waals surface area (Å²) < 4.78 is 10.7. The summed E-state index contributed by atoms with van der Waals surface area (Å²) in [7, 11) is 0. The summed E-state index contributed by atoms with van der Waals surface area (Å²) in [6.45, 7) is 7.44. The van der Waals surface area contributed by atoms with E-state index in [9.17, 15) is 0 Å². The molecule has 106 valence electrons. The van der Waals surface area contributed by atoms with E-state index in [1.807, 2.05) is 6.07 Å². The molecule has 1 aromatic carbocycles. The van der Waals surface area contributed by atoms with Crippen molar-refractivity contribution < 1.29 is 9.47 Å². The summed E-state index contributed by atoms with van der Waals surface area (Å²) in [4.78, 5) is 0. The molecule has 1 unspecified atom stereocenters. The van der Waals surface area contributed by atoms with Crippen LogP contribution >= 0.6 is 0 Å². The Kier molecular flexibility index (Phi) is 4.32. The zero-order chi connectivity index (χ0) is 13.9. The first-order valence-electron chi connectivity index (χ1n) is 6.89. The van der Waals surface area contributed by atoms with E-state index < -0.39 is 0 Å². The van der Waals surface area contributed by atoms with Crippen LogP contribution in [0.2, 0.25) is 0 Å². The van der Waals surface area contributed by atoms with Gasteiger partial charge in [0.1, 0.15) is 0 Å². The van der Waals surface area contributed by atoms with Gasteiger partial charge in [-0.3, -0.25) is 0 Å². The predicted molar refractivity (Wildman–Crippen MR) is 76.6 cm³/mol. The normalized spacial score (nSPS) is 16.7.